The number of hydrogen-bond donors (Lipinski definition) is 2. The molecule has 0 bridgehead atoms. The Bertz CT molecular complexity index is 727. The van der Waals surface area contributed by atoms with Crippen molar-refractivity contribution in [2.75, 3.05) is 6.61 Å². The Morgan fingerprint density at radius 2 is 2.00 bits per heavy atom. The Morgan fingerprint density at radius 1 is 1.32 bits per heavy atom. The summed E-state index contributed by atoms with van der Waals surface area (Å²) in [5, 5.41) is 16.4. The normalized spacial score (nSPS) is 15.8. The van der Waals surface area contributed by atoms with Crippen LogP contribution in [0.15, 0.2) is 28.8 Å². The topological polar surface area (TPSA) is 88.2 Å². The largest absolute Gasteiger partial charge is 0.394 e. The average Bonchev–Trinajstić information content (AvgIpc) is 3.30. The van der Waals surface area contributed by atoms with E-state index in [-0.39, 0.29) is 24.0 Å². The number of aliphatic hydroxyl groups excluding tert-OH is 1. The predicted octanol–water partition coefficient (Wildman–Crippen LogP) is 3.14. The number of benzene rings is 1. The zero-order valence-electron chi connectivity index (χ0n) is 15.0. The van der Waals surface area contributed by atoms with Crippen molar-refractivity contribution in [2.45, 2.75) is 52.0 Å². The van der Waals surface area contributed by atoms with Gasteiger partial charge in [-0.25, -0.2) is 0 Å². The zero-order chi connectivity index (χ0) is 18.0. The minimum absolute atomic E-state index is 0.0295. The molecule has 1 aliphatic carbocycles. The van der Waals surface area contributed by atoms with Gasteiger partial charge >= 0.3 is 0 Å². The van der Waals surface area contributed by atoms with E-state index in [1.54, 1.807) is 24.3 Å². The standard InChI is InChI=1S/C19H25N3O3/c1-19(2,3)10-15(11-23)20-17(24)13-6-8-14(9-7-13)18-21-16(22-25-18)12-4-5-12/h6-9,12,15,23H,4-5,10-11H2,1-3H3,(H,20,24). The van der Waals surface area contributed by atoms with Crippen molar-refractivity contribution in [1.82, 2.24) is 15.5 Å². The summed E-state index contributed by atoms with van der Waals surface area (Å²) in [5.74, 6) is 1.50. The van der Waals surface area contributed by atoms with Gasteiger partial charge in [0.05, 0.1) is 12.6 Å². The second kappa shape index (κ2) is 6.96. The number of amides is 1. The summed E-state index contributed by atoms with van der Waals surface area (Å²) in [6.07, 6.45) is 2.95. The number of carbonyl (C=O) groups excluding carboxylic acids is 1. The van der Waals surface area contributed by atoms with E-state index >= 15 is 0 Å². The Morgan fingerprint density at radius 3 is 2.56 bits per heavy atom. The first-order chi connectivity index (χ1) is 11.9. The number of nitrogens with one attached hydrogen (secondary N) is 1. The first-order valence-electron chi connectivity index (χ1n) is 8.71. The van der Waals surface area contributed by atoms with E-state index in [9.17, 15) is 9.90 Å². The number of nitrogens with zero attached hydrogens (tertiary/aromatic N) is 2. The SMILES string of the molecule is CC(C)(C)CC(CO)NC(=O)c1ccc(-c2nc(C3CC3)no2)cc1. The highest BCUT2D eigenvalue weighted by molar-refractivity contribution is 5.94. The summed E-state index contributed by atoms with van der Waals surface area (Å²) in [6.45, 7) is 6.16. The lowest BCUT2D eigenvalue weighted by molar-refractivity contribution is 0.0897. The molecule has 1 fully saturated rings. The fraction of sp³-hybridized carbons (Fsp3) is 0.526. The number of aliphatic hydroxyl groups is 1. The van der Waals surface area contributed by atoms with Crippen LogP contribution in [0.2, 0.25) is 0 Å². The van der Waals surface area contributed by atoms with Gasteiger partial charge in [-0.05, 0) is 48.9 Å². The molecule has 0 spiro atoms. The Kier molecular flexibility index (Phi) is 4.90. The van der Waals surface area contributed by atoms with Crippen LogP contribution in [-0.4, -0.2) is 33.8 Å². The van der Waals surface area contributed by atoms with E-state index in [1.165, 1.54) is 0 Å². The van der Waals surface area contributed by atoms with Gasteiger partial charge in [-0.1, -0.05) is 25.9 Å². The molecular formula is C19H25N3O3. The Hall–Kier alpha value is -2.21. The first-order valence-corrected chi connectivity index (χ1v) is 8.71. The van der Waals surface area contributed by atoms with Crippen molar-refractivity contribution >= 4 is 5.91 Å². The van der Waals surface area contributed by atoms with Crippen LogP contribution in [0.5, 0.6) is 0 Å². The molecule has 0 aliphatic heterocycles. The van der Waals surface area contributed by atoms with Gasteiger partial charge in [0.1, 0.15) is 0 Å². The van der Waals surface area contributed by atoms with Gasteiger partial charge in [0.25, 0.3) is 11.8 Å². The van der Waals surface area contributed by atoms with E-state index in [0.29, 0.717) is 23.8 Å². The quantitative estimate of drug-likeness (QED) is 0.841. The Balaban J connectivity index is 1.65. The molecule has 0 saturated heterocycles. The van der Waals surface area contributed by atoms with E-state index in [0.717, 1.165) is 24.2 Å². The van der Waals surface area contributed by atoms with Crippen LogP contribution < -0.4 is 5.32 Å². The Labute approximate surface area is 147 Å². The number of carbonyl (C=O) groups is 1. The summed E-state index contributed by atoms with van der Waals surface area (Å²) in [4.78, 5) is 16.8. The molecule has 1 aromatic carbocycles. The number of aromatic nitrogens is 2. The molecule has 25 heavy (non-hydrogen) atoms. The van der Waals surface area contributed by atoms with Crippen LogP contribution in [0.3, 0.4) is 0 Å². The predicted molar refractivity (Wildman–Crippen MR) is 94.1 cm³/mol. The van der Waals surface area contributed by atoms with Gasteiger partial charge in [0.15, 0.2) is 5.82 Å². The molecule has 1 unspecified atom stereocenters. The molecule has 2 N–H and O–H groups in total. The summed E-state index contributed by atoms with van der Waals surface area (Å²) in [7, 11) is 0. The van der Waals surface area contributed by atoms with Crippen molar-refractivity contribution in [3.05, 3.63) is 35.7 Å². The highest BCUT2D eigenvalue weighted by Crippen LogP contribution is 2.38. The molecule has 0 radical (unpaired) electrons. The fourth-order valence-corrected chi connectivity index (χ4v) is 2.79. The number of rotatable bonds is 6. The highest BCUT2D eigenvalue weighted by atomic mass is 16.5. The second-order valence-corrected chi connectivity index (χ2v) is 7.93. The highest BCUT2D eigenvalue weighted by Gasteiger charge is 2.29. The van der Waals surface area contributed by atoms with Crippen LogP contribution in [-0.2, 0) is 0 Å². The number of hydrogen-bond acceptors (Lipinski definition) is 5. The van der Waals surface area contributed by atoms with Crippen LogP contribution in [0, 0.1) is 5.41 Å². The monoisotopic (exact) mass is 343 g/mol. The van der Waals surface area contributed by atoms with Gasteiger partial charge in [-0.15, -0.1) is 0 Å². The molecule has 1 aliphatic rings. The maximum absolute atomic E-state index is 12.4. The molecule has 6 nitrogen and oxygen atoms in total. The molecule has 1 aromatic heterocycles. The lowest BCUT2D eigenvalue weighted by Crippen LogP contribution is -2.40. The van der Waals surface area contributed by atoms with Crippen LogP contribution >= 0.6 is 0 Å². The molecule has 1 amide bonds. The lowest BCUT2D eigenvalue weighted by Gasteiger charge is -2.25. The first kappa shape index (κ1) is 17.6. The second-order valence-electron chi connectivity index (χ2n) is 7.93. The molecular weight excluding hydrogens is 318 g/mol. The van der Waals surface area contributed by atoms with Gasteiger partial charge in [0.2, 0.25) is 0 Å². The van der Waals surface area contributed by atoms with Gasteiger partial charge < -0.3 is 14.9 Å². The van der Waals surface area contributed by atoms with E-state index in [1.807, 2.05) is 0 Å². The maximum atomic E-state index is 12.4. The maximum Gasteiger partial charge on any atom is 0.257 e. The van der Waals surface area contributed by atoms with Crippen molar-refractivity contribution in [3.63, 3.8) is 0 Å². The van der Waals surface area contributed by atoms with E-state index < -0.39 is 0 Å². The molecule has 134 valence electrons. The lowest BCUT2D eigenvalue weighted by atomic mass is 9.88. The molecule has 3 rings (SSSR count). The average molecular weight is 343 g/mol. The smallest absolute Gasteiger partial charge is 0.257 e. The summed E-state index contributed by atoms with van der Waals surface area (Å²) in [6, 6.07) is 6.81. The van der Waals surface area contributed by atoms with E-state index in [4.69, 9.17) is 4.52 Å². The molecule has 2 aromatic rings. The van der Waals surface area contributed by atoms with Gasteiger partial charge in [0, 0.05) is 17.0 Å². The van der Waals surface area contributed by atoms with Crippen molar-refractivity contribution < 1.29 is 14.4 Å². The summed E-state index contributed by atoms with van der Waals surface area (Å²) < 4.78 is 5.29. The van der Waals surface area contributed by atoms with E-state index in [2.05, 4.69) is 36.2 Å². The minimum atomic E-state index is -0.260. The zero-order valence-corrected chi connectivity index (χ0v) is 15.0. The third-order valence-electron chi connectivity index (χ3n) is 4.19. The van der Waals surface area contributed by atoms with Crippen molar-refractivity contribution in [1.29, 1.82) is 0 Å². The van der Waals surface area contributed by atoms with Crippen LogP contribution in [0.4, 0.5) is 0 Å². The van der Waals surface area contributed by atoms with Crippen molar-refractivity contribution in [3.8, 4) is 11.5 Å². The molecule has 1 atom stereocenters. The van der Waals surface area contributed by atoms with Gasteiger partial charge in [-0.2, -0.15) is 4.98 Å². The van der Waals surface area contributed by atoms with Gasteiger partial charge in [-0.3, -0.25) is 4.79 Å². The summed E-state index contributed by atoms with van der Waals surface area (Å²) >= 11 is 0. The third-order valence-corrected chi connectivity index (χ3v) is 4.19. The molecule has 1 heterocycles. The minimum Gasteiger partial charge on any atom is -0.394 e. The fourth-order valence-electron chi connectivity index (χ4n) is 2.79. The molecule has 6 heteroatoms. The van der Waals surface area contributed by atoms with Crippen LogP contribution in [0.25, 0.3) is 11.5 Å². The molecule has 1 saturated carbocycles. The van der Waals surface area contributed by atoms with Crippen LogP contribution in [0.1, 0.15) is 62.1 Å². The van der Waals surface area contributed by atoms with Crippen molar-refractivity contribution in [2.24, 2.45) is 5.41 Å². The third kappa shape index (κ3) is 4.66. The summed E-state index contributed by atoms with van der Waals surface area (Å²) in [5.41, 5.74) is 1.37.